The smallest absolute Gasteiger partial charge is 0.187 e. The molecule has 1 aromatic heterocycles. The number of carbonyl (C=O) groups excluding carboxylic acids is 1. The number of fused-ring (bicyclic) bond motifs is 3. The summed E-state index contributed by atoms with van der Waals surface area (Å²) < 4.78 is 2.91. The Morgan fingerprint density at radius 3 is 1.26 bits per heavy atom. The average molecular weight is 1130 g/mol. The van der Waals surface area contributed by atoms with Gasteiger partial charge in [0.1, 0.15) is 41.1 Å². The topological polar surface area (TPSA) is 37.3 Å². The molecule has 3 aliphatic carbocycles. The van der Waals surface area contributed by atoms with Crippen molar-refractivity contribution >= 4 is 80.0 Å². The van der Waals surface area contributed by atoms with Gasteiger partial charge in [0.25, 0.3) is 0 Å². The Bertz CT molecular complexity index is 3000. The van der Waals surface area contributed by atoms with Crippen LogP contribution in [0.15, 0.2) is 255 Å². The molecule has 0 aliphatic heterocycles. The maximum Gasteiger partial charge on any atom is 0.187 e. The highest BCUT2D eigenvalue weighted by molar-refractivity contribution is 7.98. The molecule has 0 radical (unpaired) electrons. The number of Topliss-reactive ketones (excluding diaryl/α,β-unsaturated/α-hetero) is 1. The Hall–Kier alpha value is -4.99. The van der Waals surface area contributed by atoms with Crippen LogP contribution in [0.5, 0.6) is 0 Å². The molecule has 0 saturated heterocycles. The van der Waals surface area contributed by atoms with E-state index in [1.165, 1.54) is 108 Å². The molecule has 12 rings (SSSR count). The highest BCUT2D eigenvalue weighted by Crippen LogP contribution is 2.48. The lowest BCUT2D eigenvalue weighted by Gasteiger charge is -2.25. The minimum absolute atomic E-state index is 0.0594. The minimum Gasteiger partial charge on any atom is -0.388 e. The summed E-state index contributed by atoms with van der Waals surface area (Å²) in [6.45, 7) is 2.25. The number of hydrogen-bond donors (Lipinski definition) is 1. The number of carbonyl (C=O) groups is 1. The molecule has 1 N–H and O–H groups in total. The molecule has 0 bridgehead atoms. The van der Waals surface area contributed by atoms with Gasteiger partial charge in [-0.3, -0.25) is 4.79 Å². The maximum atomic E-state index is 11.8. The lowest BCUT2D eigenvalue weighted by atomic mass is 9.97. The van der Waals surface area contributed by atoms with Crippen LogP contribution in [0.4, 0.5) is 0 Å². The molecule has 6 atom stereocenters. The zero-order valence-electron chi connectivity index (χ0n) is 46.5. The predicted molar refractivity (Wildman–Crippen MR) is 349 cm³/mol. The number of ketones is 1. The second-order valence-corrected chi connectivity index (χ2v) is 31.2. The fraction of sp³-hybridized carbons (Fsp3) is 0.310. The zero-order valence-corrected chi connectivity index (χ0v) is 50.6. The van der Waals surface area contributed by atoms with Gasteiger partial charge >= 0.3 is 0 Å². The van der Waals surface area contributed by atoms with Gasteiger partial charge < -0.3 is 5.11 Å². The first kappa shape index (κ1) is 59.1. The summed E-state index contributed by atoms with van der Waals surface area (Å²) in [6, 6.07) is 82.0. The van der Waals surface area contributed by atoms with Gasteiger partial charge in [-0.05, 0) is 162 Å². The van der Waals surface area contributed by atoms with Crippen LogP contribution in [0.25, 0.3) is 25.1 Å². The van der Waals surface area contributed by atoms with Crippen molar-refractivity contribution in [3.05, 3.63) is 231 Å². The highest BCUT2D eigenvalue weighted by atomic mass is 32.2. The van der Waals surface area contributed by atoms with Gasteiger partial charge in [0.05, 0.1) is 10.9 Å². The van der Waals surface area contributed by atoms with Crippen molar-refractivity contribution in [3.63, 3.8) is 0 Å². The molecule has 1 heterocycles. The SMILES string of the molecule is CC[S+](c1ccccc1)c1ccccc1.C[S+](c1ccccc1)C1CCCCC1.C[S+](c1ccccc1)C1CCCCC1=O.C[S+](c1ccccc1)C1CCCCC1O.c1ccc(-[s+]2c3ccccc3c3ccccc32)cc1. The molecule has 404 valence electrons. The summed E-state index contributed by atoms with van der Waals surface area (Å²) in [5.41, 5.74) is 0. The van der Waals surface area contributed by atoms with Gasteiger partial charge in [0.2, 0.25) is 0 Å². The third kappa shape index (κ3) is 16.6. The lowest BCUT2D eigenvalue weighted by Crippen LogP contribution is -2.36. The largest absolute Gasteiger partial charge is 0.388 e. The molecule has 9 aromatic rings. The van der Waals surface area contributed by atoms with Crippen LogP contribution in [0.1, 0.15) is 90.4 Å². The standard InChI is InChI=1S/C18H13S.C14H15S.C13H19OS.C13H17OS.C13H19S/c1-2-8-14(9-3-1)19-17-12-6-4-10-15(17)16-11-5-7-13-18(16)19;1-2-15(13-9-5-3-6-10-13)14-11-7-4-8-12-14;2*1-15(11-7-3-2-4-8-11)13-10-6-5-9-12(13)14;1-14(12-8-4-2-5-9-12)13-10-6-3-7-11-13/h1-13H;3-12H,2H2,1H3;2-4,7-8,12-14H,5-6,9-10H2,1H3;2-4,7-8,13H,5-6,9-10H2,1H3;2,4-5,8-9,13H,3,6-7,10-11H2,1H3/q5*+1. The van der Waals surface area contributed by atoms with Crippen molar-refractivity contribution < 1.29 is 9.90 Å². The lowest BCUT2D eigenvalue weighted by molar-refractivity contribution is -0.119. The third-order valence-corrected chi connectivity index (χ3v) is 27.2. The Balaban J connectivity index is 0.000000129. The number of benzene rings is 8. The first-order chi connectivity index (χ1) is 38.3. The molecule has 2 nitrogen and oxygen atoms in total. The number of aliphatic hydroxyl groups excluding tert-OH is 1. The number of aliphatic hydroxyl groups is 1. The van der Waals surface area contributed by atoms with E-state index < -0.39 is 0 Å². The third-order valence-electron chi connectivity index (χ3n) is 15.3. The van der Waals surface area contributed by atoms with Gasteiger partial charge in [-0.1, -0.05) is 146 Å². The Kier molecular flexibility index (Phi) is 24.0. The van der Waals surface area contributed by atoms with Gasteiger partial charge in [0.15, 0.2) is 49.8 Å². The van der Waals surface area contributed by atoms with Gasteiger partial charge in [-0.2, -0.15) is 0 Å². The van der Waals surface area contributed by atoms with E-state index in [0.29, 0.717) is 27.2 Å². The molecular weight excluding hydrogens is 1050 g/mol. The first-order valence-corrected chi connectivity index (χ1v) is 36.1. The monoisotopic (exact) mass is 1130 g/mol. The van der Waals surface area contributed by atoms with Gasteiger partial charge in [0, 0.05) is 66.8 Å². The zero-order chi connectivity index (χ0) is 54.3. The predicted octanol–water partition coefficient (Wildman–Crippen LogP) is 18.5. The molecule has 0 amide bonds. The Morgan fingerprint density at radius 2 is 0.795 bits per heavy atom. The van der Waals surface area contributed by atoms with Gasteiger partial charge in [-0.25, -0.2) is 0 Å². The highest BCUT2D eigenvalue weighted by Gasteiger charge is 2.38. The van der Waals surface area contributed by atoms with Crippen LogP contribution in [-0.2, 0) is 48.4 Å². The minimum atomic E-state index is -0.0766. The van der Waals surface area contributed by atoms with E-state index in [2.05, 4.69) is 250 Å². The summed E-state index contributed by atoms with van der Waals surface area (Å²) in [7, 11) is 1.08. The van der Waals surface area contributed by atoms with Crippen LogP contribution in [0, 0.1) is 0 Å². The molecule has 3 saturated carbocycles. The fourth-order valence-corrected chi connectivity index (χ4v) is 21.3. The van der Waals surface area contributed by atoms with Crippen molar-refractivity contribution in [1.29, 1.82) is 0 Å². The first-order valence-electron chi connectivity index (χ1n) is 28.4. The summed E-state index contributed by atoms with van der Waals surface area (Å²) in [5, 5.41) is 14.5. The molecule has 3 aliphatic rings. The van der Waals surface area contributed by atoms with Crippen LogP contribution >= 0.6 is 10.5 Å². The molecular formula is C71H83O2S5+5. The Morgan fingerprint density at radius 1 is 0.410 bits per heavy atom. The van der Waals surface area contributed by atoms with E-state index in [-0.39, 0.29) is 49.3 Å². The van der Waals surface area contributed by atoms with Crippen molar-refractivity contribution in [2.45, 2.75) is 137 Å². The molecule has 6 unspecified atom stereocenters. The summed E-state index contributed by atoms with van der Waals surface area (Å²) in [5.74, 6) is 1.66. The van der Waals surface area contributed by atoms with Crippen molar-refractivity contribution in [2.75, 3.05) is 24.5 Å². The van der Waals surface area contributed by atoms with Gasteiger partial charge in [-0.15, -0.1) is 0 Å². The van der Waals surface area contributed by atoms with E-state index >= 15 is 0 Å². The van der Waals surface area contributed by atoms with Crippen molar-refractivity contribution in [2.24, 2.45) is 0 Å². The summed E-state index contributed by atoms with van der Waals surface area (Å²) in [6.07, 6.45) is 23.0. The number of hydrogen-bond acceptors (Lipinski definition) is 2. The average Bonchev–Trinajstić information content (AvgIpc) is 4.01. The van der Waals surface area contributed by atoms with E-state index in [1.807, 2.05) is 6.07 Å². The normalized spacial score (nSPS) is 18.5. The Labute approximate surface area is 482 Å². The van der Waals surface area contributed by atoms with E-state index in [9.17, 15) is 9.90 Å². The van der Waals surface area contributed by atoms with Crippen LogP contribution < -0.4 is 0 Å². The van der Waals surface area contributed by atoms with Crippen molar-refractivity contribution in [3.8, 4) is 4.90 Å². The maximum absolute atomic E-state index is 11.8. The number of thiophene rings is 1. The second-order valence-electron chi connectivity index (χ2n) is 20.4. The quantitative estimate of drug-likeness (QED) is 0.139. The number of rotatable bonds is 10. The molecule has 3 fully saturated rings. The van der Waals surface area contributed by atoms with Crippen LogP contribution in [0.3, 0.4) is 0 Å². The summed E-state index contributed by atoms with van der Waals surface area (Å²) >= 11 is 0. The molecule has 7 heteroatoms. The van der Waals surface area contributed by atoms with E-state index in [1.54, 1.807) is 4.90 Å². The fourth-order valence-electron chi connectivity index (χ4n) is 11.0. The van der Waals surface area contributed by atoms with E-state index in [4.69, 9.17) is 0 Å². The molecule has 8 aromatic carbocycles. The van der Waals surface area contributed by atoms with Crippen molar-refractivity contribution in [1.82, 2.24) is 0 Å². The van der Waals surface area contributed by atoms with E-state index in [0.717, 1.165) is 30.9 Å². The van der Waals surface area contributed by atoms with Crippen LogP contribution in [-0.4, -0.2) is 57.3 Å². The molecule has 78 heavy (non-hydrogen) atoms. The van der Waals surface area contributed by atoms with Crippen LogP contribution in [0.2, 0.25) is 0 Å². The molecule has 0 spiro atoms. The second kappa shape index (κ2) is 31.7. The summed E-state index contributed by atoms with van der Waals surface area (Å²) in [4.78, 5) is 20.4.